The van der Waals surface area contributed by atoms with Gasteiger partial charge in [-0.2, -0.15) is 0 Å². The molecule has 0 aliphatic heterocycles. The van der Waals surface area contributed by atoms with E-state index >= 15 is 0 Å². The van der Waals surface area contributed by atoms with Crippen LogP contribution < -0.4 is 0 Å². The zero-order chi connectivity index (χ0) is 21.6. The fraction of sp³-hybridized carbons (Fsp3) is 0.857. The van der Waals surface area contributed by atoms with Gasteiger partial charge < -0.3 is 14.9 Å². The summed E-state index contributed by atoms with van der Waals surface area (Å²) < 4.78 is 4.75. The minimum Gasteiger partial charge on any atom is -0.392 e. The predicted molar refractivity (Wildman–Crippen MR) is 107 cm³/mol. The maximum atomic E-state index is 11.2. The zero-order valence-electron chi connectivity index (χ0n) is 18.2. The van der Waals surface area contributed by atoms with E-state index in [1.807, 2.05) is 13.8 Å². The zero-order valence-corrected chi connectivity index (χ0v) is 18.2. The van der Waals surface area contributed by atoms with E-state index < -0.39 is 5.60 Å². The summed E-state index contributed by atoms with van der Waals surface area (Å²) in [6.45, 7) is 10.2. The van der Waals surface area contributed by atoms with E-state index in [1.165, 1.54) is 21.0 Å². The molecule has 0 aromatic heterocycles. The second-order valence-corrected chi connectivity index (χ2v) is 7.31. The lowest BCUT2D eigenvalue weighted by molar-refractivity contribution is -0.133. The largest absolute Gasteiger partial charge is 0.392 e. The van der Waals surface area contributed by atoms with Crippen molar-refractivity contribution in [2.45, 2.75) is 104 Å². The average Bonchev–Trinajstić information content (AvgIpc) is 2.65. The van der Waals surface area contributed by atoms with Crippen molar-refractivity contribution in [3.05, 3.63) is 0 Å². The van der Waals surface area contributed by atoms with E-state index in [0.717, 1.165) is 25.7 Å². The number of aliphatic hydroxyl groups excluding tert-OH is 1. The maximum Gasteiger partial charge on any atom is 0.163 e. The Morgan fingerprint density at radius 3 is 1.81 bits per heavy atom. The first-order chi connectivity index (χ1) is 12.5. The molecule has 0 saturated heterocycles. The molecule has 160 valence electrons. The molecule has 1 saturated carbocycles. The third kappa shape index (κ3) is 12.8. The fourth-order valence-corrected chi connectivity index (χ4v) is 2.60. The SMILES string of the molecule is CCC(=O)C(C)(C)O.CCC(=O)C(C)OC.CCC(=O)C1CCCCC1O. The van der Waals surface area contributed by atoms with Gasteiger partial charge >= 0.3 is 0 Å². The van der Waals surface area contributed by atoms with Crippen LogP contribution in [-0.2, 0) is 19.1 Å². The van der Waals surface area contributed by atoms with Crippen molar-refractivity contribution in [2.75, 3.05) is 7.11 Å². The summed E-state index contributed by atoms with van der Waals surface area (Å²) in [6, 6.07) is 0. The summed E-state index contributed by atoms with van der Waals surface area (Å²) >= 11 is 0. The molecule has 6 heteroatoms. The molecule has 0 spiro atoms. The molecular formula is C21H40O6. The molecular weight excluding hydrogens is 348 g/mol. The number of hydrogen-bond donors (Lipinski definition) is 2. The number of hydrogen-bond acceptors (Lipinski definition) is 6. The van der Waals surface area contributed by atoms with Crippen LogP contribution in [0.2, 0.25) is 0 Å². The van der Waals surface area contributed by atoms with Gasteiger partial charge in [-0.1, -0.05) is 33.6 Å². The molecule has 3 atom stereocenters. The molecule has 27 heavy (non-hydrogen) atoms. The van der Waals surface area contributed by atoms with Crippen molar-refractivity contribution in [3.8, 4) is 0 Å². The molecule has 0 aromatic rings. The molecule has 0 amide bonds. The minimum absolute atomic E-state index is 0.0475. The van der Waals surface area contributed by atoms with Crippen molar-refractivity contribution in [1.29, 1.82) is 0 Å². The Bertz CT molecular complexity index is 438. The predicted octanol–water partition coefficient (Wildman–Crippen LogP) is 3.25. The Labute approximate surface area is 164 Å². The summed E-state index contributed by atoms with van der Waals surface area (Å²) in [4.78, 5) is 32.4. The number of ether oxygens (including phenoxy) is 1. The fourth-order valence-electron chi connectivity index (χ4n) is 2.60. The van der Waals surface area contributed by atoms with Crippen LogP contribution in [0.3, 0.4) is 0 Å². The van der Waals surface area contributed by atoms with Crippen molar-refractivity contribution in [2.24, 2.45) is 5.92 Å². The second kappa shape index (κ2) is 14.9. The molecule has 1 fully saturated rings. The van der Waals surface area contributed by atoms with Gasteiger partial charge in [0, 0.05) is 32.3 Å². The van der Waals surface area contributed by atoms with E-state index in [0.29, 0.717) is 19.3 Å². The van der Waals surface area contributed by atoms with E-state index in [9.17, 15) is 19.5 Å². The molecule has 1 aliphatic rings. The van der Waals surface area contributed by atoms with Gasteiger partial charge in [0.25, 0.3) is 0 Å². The van der Waals surface area contributed by atoms with Crippen LogP contribution in [0.25, 0.3) is 0 Å². The van der Waals surface area contributed by atoms with Gasteiger partial charge in [0.1, 0.15) is 17.5 Å². The molecule has 0 bridgehead atoms. The number of carbonyl (C=O) groups is 3. The summed E-state index contributed by atoms with van der Waals surface area (Å²) in [5.41, 5.74) is -1.13. The Hall–Kier alpha value is -1.11. The van der Waals surface area contributed by atoms with Gasteiger partial charge in [-0.3, -0.25) is 14.4 Å². The van der Waals surface area contributed by atoms with Crippen LogP contribution in [0, 0.1) is 5.92 Å². The highest BCUT2D eigenvalue weighted by molar-refractivity contribution is 5.85. The first kappa shape index (κ1) is 28.1. The van der Waals surface area contributed by atoms with E-state index in [-0.39, 0.29) is 35.5 Å². The van der Waals surface area contributed by atoms with Gasteiger partial charge in [-0.15, -0.1) is 0 Å². The lowest BCUT2D eigenvalue weighted by Crippen LogP contribution is -2.30. The summed E-state index contributed by atoms with van der Waals surface area (Å²) in [5, 5.41) is 18.4. The summed E-state index contributed by atoms with van der Waals surface area (Å²) in [7, 11) is 1.54. The highest BCUT2D eigenvalue weighted by atomic mass is 16.5. The molecule has 2 N–H and O–H groups in total. The summed E-state index contributed by atoms with van der Waals surface area (Å²) in [6.07, 6.45) is 4.86. The standard InChI is InChI=1S/C9H16O2.2C6H12O2/c1-2-8(10)7-5-3-4-6-9(7)11;1-4-5(7)6(2,3)8;1-4-6(7)5(2)8-3/h7,9,11H,2-6H2,1H3;8H,4H2,1-3H3;5H,4H2,1-3H3. The Morgan fingerprint density at radius 2 is 1.56 bits per heavy atom. The molecule has 3 unspecified atom stereocenters. The van der Waals surface area contributed by atoms with Crippen LogP contribution in [0.1, 0.15) is 86.5 Å². The highest BCUT2D eigenvalue weighted by Gasteiger charge is 2.27. The maximum absolute atomic E-state index is 11.2. The number of methoxy groups -OCH3 is 1. The number of ketones is 3. The van der Waals surface area contributed by atoms with Crippen LogP contribution in [0.4, 0.5) is 0 Å². The summed E-state index contributed by atoms with van der Waals surface area (Å²) in [5.74, 6) is 0.232. The molecule has 6 nitrogen and oxygen atoms in total. The van der Waals surface area contributed by atoms with Gasteiger partial charge in [-0.05, 0) is 33.6 Å². The first-order valence-electron chi connectivity index (χ1n) is 9.97. The van der Waals surface area contributed by atoms with Crippen LogP contribution >= 0.6 is 0 Å². The van der Waals surface area contributed by atoms with Gasteiger partial charge in [-0.25, -0.2) is 0 Å². The normalized spacial score (nSPS) is 20.3. The Morgan fingerprint density at radius 1 is 1.04 bits per heavy atom. The molecule has 1 aliphatic carbocycles. The third-order valence-electron chi connectivity index (χ3n) is 4.65. The average molecular weight is 389 g/mol. The quantitative estimate of drug-likeness (QED) is 0.694. The van der Waals surface area contributed by atoms with Crippen LogP contribution in [-0.4, -0.2) is 52.5 Å². The monoisotopic (exact) mass is 388 g/mol. The number of carbonyl (C=O) groups excluding carboxylic acids is 3. The van der Waals surface area contributed by atoms with E-state index in [4.69, 9.17) is 9.84 Å². The van der Waals surface area contributed by atoms with Crippen molar-refractivity contribution in [3.63, 3.8) is 0 Å². The third-order valence-corrected chi connectivity index (χ3v) is 4.65. The molecule has 0 aromatic carbocycles. The Balaban J connectivity index is 0. The van der Waals surface area contributed by atoms with E-state index in [2.05, 4.69) is 0 Å². The van der Waals surface area contributed by atoms with Crippen LogP contribution in [0.5, 0.6) is 0 Å². The van der Waals surface area contributed by atoms with Crippen molar-refractivity contribution in [1.82, 2.24) is 0 Å². The lowest BCUT2D eigenvalue weighted by atomic mass is 9.83. The first-order valence-corrected chi connectivity index (χ1v) is 9.97. The second-order valence-electron chi connectivity index (χ2n) is 7.31. The van der Waals surface area contributed by atoms with Gasteiger partial charge in [0.15, 0.2) is 11.6 Å². The molecule has 0 heterocycles. The van der Waals surface area contributed by atoms with Crippen molar-refractivity contribution >= 4 is 17.3 Å². The number of Topliss-reactive ketones (excluding diaryl/α,β-unsaturated/α-hetero) is 3. The number of rotatable bonds is 7. The minimum atomic E-state index is -1.13. The number of aliphatic hydroxyl groups is 2. The van der Waals surface area contributed by atoms with Gasteiger partial charge in [0.05, 0.1) is 6.10 Å². The van der Waals surface area contributed by atoms with E-state index in [1.54, 1.807) is 13.8 Å². The highest BCUT2D eigenvalue weighted by Crippen LogP contribution is 2.25. The smallest absolute Gasteiger partial charge is 0.163 e. The lowest BCUT2D eigenvalue weighted by Gasteiger charge is -2.25. The van der Waals surface area contributed by atoms with Crippen LogP contribution in [0.15, 0.2) is 0 Å². The Kier molecular flexibility index (Phi) is 15.5. The van der Waals surface area contributed by atoms with Crippen molar-refractivity contribution < 1.29 is 29.3 Å². The molecule has 0 radical (unpaired) electrons. The topological polar surface area (TPSA) is 101 Å². The van der Waals surface area contributed by atoms with Gasteiger partial charge in [0.2, 0.25) is 0 Å². The molecule has 1 rings (SSSR count).